The van der Waals surface area contributed by atoms with Crippen LogP contribution in [0.3, 0.4) is 0 Å². The van der Waals surface area contributed by atoms with Crippen molar-refractivity contribution in [2.45, 2.75) is 39.0 Å². The van der Waals surface area contributed by atoms with E-state index in [-0.39, 0.29) is 0 Å². The van der Waals surface area contributed by atoms with Gasteiger partial charge in [0.2, 0.25) is 0 Å². The average Bonchev–Trinajstić information content (AvgIpc) is 2.40. The summed E-state index contributed by atoms with van der Waals surface area (Å²) < 4.78 is 0. The highest BCUT2D eigenvalue weighted by Crippen LogP contribution is 2.22. The maximum Gasteiger partial charge on any atom is -0.00206 e. The third kappa shape index (κ3) is 6.62. The second-order valence-electron chi connectivity index (χ2n) is 4.47. The Morgan fingerprint density at radius 2 is 1.38 bits per heavy atom. The van der Waals surface area contributed by atoms with Gasteiger partial charge in [-0.3, -0.25) is 0 Å². The molecule has 1 aromatic rings. The van der Waals surface area contributed by atoms with E-state index in [1.807, 2.05) is 36.4 Å². The molecule has 16 heavy (non-hydrogen) atoms. The third-order valence-corrected chi connectivity index (χ3v) is 3.07. The van der Waals surface area contributed by atoms with Gasteiger partial charge in [0.15, 0.2) is 0 Å². The summed E-state index contributed by atoms with van der Waals surface area (Å²) in [6.45, 7) is 4.58. The van der Waals surface area contributed by atoms with Crippen molar-refractivity contribution in [1.29, 1.82) is 0 Å². The summed E-state index contributed by atoms with van der Waals surface area (Å²) in [6, 6.07) is 12.0. The van der Waals surface area contributed by atoms with Crippen molar-refractivity contribution >= 4 is 0 Å². The Bertz CT molecular complexity index is 200. The van der Waals surface area contributed by atoms with Gasteiger partial charge in [-0.15, -0.1) is 0 Å². The Hall–Kier alpha value is -0.820. The van der Waals surface area contributed by atoms with Crippen molar-refractivity contribution in [1.82, 2.24) is 5.32 Å². The molecule has 0 bridgehead atoms. The summed E-state index contributed by atoms with van der Waals surface area (Å²) in [5.74, 6) is 0.994. The lowest BCUT2D eigenvalue weighted by Gasteiger charge is -2.21. The molecule has 0 heterocycles. The maximum atomic E-state index is 3.42. The van der Waals surface area contributed by atoms with Crippen molar-refractivity contribution in [2.75, 3.05) is 13.1 Å². The number of rotatable bonds is 3. The van der Waals surface area contributed by atoms with E-state index in [0.29, 0.717) is 0 Å². The van der Waals surface area contributed by atoms with Crippen LogP contribution >= 0.6 is 0 Å². The van der Waals surface area contributed by atoms with Crippen LogP contribution in [0.25, 0.3) is 0 Å². The van der Waals surface area contributed by atoms with Crippen LogP contribution in [0.5, 0.6) is 0 Å². The van der Waals surface area contributed by atoms with Gasteiger partial charge in [0, 0.05) is 0 Å². The fraction of sp³-hybridized carbons (Fsp3) is 0.600. The number of benzene rings is 1. The minimum atomic E-state index is 0.994. The van der Waals surface area contributed by atoms with Gasteiger partial charge in [0.05, 0.1) is 0 Å². The second kappa shape index (κ2) is 9.41. The predicted octanol–water partition coefficient (Wildman–Crippen LogP) is 3.86. The molecule has 1 aliphatic carbocycles. The van der Waals surface area contributed by atoms with Crippen molar-refractivity contribution < 1.29 is 0 Å². The van der Waals surface area contributed by atoms with Crippen LogP contribution in [0.1, 0.15) is 39.0 Å². The van der Waals surface area contributed by atoms with Crippen LogP contribution in [-0.2, 0) is 0 Å². The minimum absolute atomic E-state index is 0.994. The highest BCUT2D eigenvalue weighted by molar-refractivity contribution is 4.99. The summed E-state index contributed by atoms with van der Waals surface area (Å²) in [4.78, 5) is 0. The summed E-state index contributed by atoms with van der Waals surface area (Å²) in [6.07, 6.45) is 7.34. The summed E-state index contributed by atoms with van der Waals surface area (Å²) in [5, 5.41) is 3.42. The van der Waals surface area contributed by atoms with E-state index in [1.165, 1.54) is 38.6 Å². The Balaban J connectivity index is 0.000000181. The van der Waals surface area contributed by atoms with E-state index in [0.717, 1.165) is 12.5 Å². The number of hydrogen-bond acceptors (Lipinski definition) is 1. The number of hydrogen-bond donors (Lipinski definition) is 1. The first-order valence-electron chi connectivity index (χ1n) is 6.64. The molecular weight excluding hydrogens is 194 g/mol. The average molecular weight is 219 g/mol. The largest absolute Gasteiger partial charge is 0.317 e. The van der Waals surface area contributed by atoms with Gasteiger partial charge >= 0.3 is 0 Å². The summed E-state index contributed by atoms with van der Waals surface area (Å²) in [5.41, 5.74) is 0. The molecule has 1 N–H and O–H groups in total. The molecule has 2 rings (SSSR count). The molecule has 0 unspecified atom stereocenters. The molecular formula is C15H25N. The van der Waals surface area contributed by atoms with Gasteiger partial charge in [-0.1, -0.05) is 62.6 Å². The first-order valence-corrected chi connectivity index (χ1v) is 6.64. The van der Waals surface area contributed by atoms with Gasteiger partial charge in [0.25, 0.3) is 0 Å². The molecule has 1 heteroatoms. The van der Waals surface area contributed by atoms with E-state index >= 15 is 0 Å². The lowest BCUT2D eigenvalue weighted by Crippen LogP contribution is -2.23. The third-order valence-electron chi connectivity index (χ3n) is 3.07. The van der Waals surface area contributed by atoms with Crippen LogP contribution in [0.15, 0.2) is 36.4 Å². The first kappa shape index (κ1) is 13.2. The molecule has 0 amide bonds. The fourth-order valence-electron chi connectivity index (χ4n) is 2.12. The van der Waals surface area contributed by atoms with E-state index in [9.17, 15) is 0 Å². The van der Waals surface area contributed by atoms with Crippen molar-refractivity contribution in [3.05, 3.63) is 36.4 Å². The molecule has 0 saturated heterocycles. The topological polar surface area (TPSA) is 12.0 Å². The molecule has 1 fully saturated rings. The Morgan fingerprint density at radius 3 is 1.81 bits per heavy atom. The first-order chi connectivity index (χ1) is 7.93. The van der Waals surface area contributed by atoms with Crippen molar-refractivity contribution in [3.63, 3.8) is 0 Å². The molecule has 1 aliphatic rings. The number of nitrogens with one attached hydrogen (secondary N) is 1. The fourth-order valence-corrected chi connectivity index (χ4v) is 2.12. The summed E-state index contributed by atoms with van der Waals surface area (Å²) in [7, 11) is 0. The van der Waals surface area contributed by atoms with E-state index in [2.05, 4.69) is 12.2 Å². The van der Waals surface area contributed by atoms with Gasteiger partial charge < -0.3 is 5.32 Å². The van der Waals surface area contributed by atoms with Gasteiger partial charge in [0.1, 0.15) is 0 Å². The normalized spacial score (nSPS) is 16.3. The van der Waals surface area contributed by atoms with Crippen molar-refractivity contribution in [3.8, 4) is 0 Å². The zero-order valence-electron chi connectivity index (χ0n) is 10.5. The smallest absolute Gasteiger partial charge is 0.00206 e. The molecule has 1 saturated carbocycles. The maximum absolute atomic E-state index is 3.42. The van der Waals surface area contributed by atoms with Crippen LogP contribution in [0.2, 0.25) is 0 Å². The molecule has 0 radical (unpaired) electrons. The van der Waals surface area contributed by atoms with Crippen LogP contribution < -0.4 is 5.32 Å². The van der Waals surface area contributed by atoms with Crippen LogP contribution in [-0.4, -0.2) is 13.1 Å². The Labute approximate surface area is 100 Å². The molecule has 1 aromatic carbocycles. The SMILES string of the molecule is CCNCC1CCCCC1.c1ccccc1. The van der Waals surface area contributed by atoms with Gasteiger partial charge in [-0.2, -0.15) is 0 Å². The van der Waals surface area contributed by atoms with E-state index in [1.54, 1.807) is 0 Å². The van der Waals surface area contributed by atoms with Crippen LogP contribution in [0.4, 0.5) is 0 Å². The highest BCUT2D eigenvalue weighted by atomic mass is 14.8. The quantitative estimate of drug-likeness (QED) is 0.814. The summed E-state index contributed by atoms with van der Waals surface area (Å²) >= 11 is 0. The zero-order chi connectivity index (χ0) is 11.5. The molecule has 1 nitrogen and oxygen atoms in total. The van der Waals surface area contributed by atoms with E-state index < -0.39 is 0 Å². The molecule has 90 valence electrons. The Morgan fingerprint density at radius 1 is 0.875 bits per heavy atom. The minimum Gasteiger partial charge on any atom is -0.317 e. The van der Waals surface area contributed by atoms with E-state index in [4.69, 9.17) is 0 Å². The van der Waals surface area contributed by atoms with Gasteiger partial charge in [-0.25, -0.2) is 0 Å². The van der Waals surface area contributed by atoms with Crippen molar-refractivity contribution in [2.24, 2.45) is 5.92 Å². The standard InChI is InChI=1S/C9H19N.C6H6/c1-2-10-8-9-6-4-3-5-7-9;1-2-4-6-5-3-1/h9-10H,2-8H2,1H3;1-6H. The second-order valence-corrected chi connectivity index (χ2v) is 4.47. The van der Waals surface area contributed by atoms with Crippen LogP contribution in [0, 0.1) is 5.92 Å². The predicted molar refractivity (Wildman–Crippen MR) is 71.6 cm³/mol. The Kier molecular flexibility index (Phi) is 7.79. The monoisotopic (exact) mass is 219 g/mol. The van der Waals surface area contributed by atoms with Gasteiger partial charge in [-0.05, 0) is 31.8 Å². The molecule has 0 aliphatic heterocycles. The molecule has 0 aromatic heterocycles. The lowest BCUT2D eigenvalue weighted by atomic mass is 9.89. The molecule has 0 spiro atoms. The highest BCUT2D eigenvalue weighted by Gasteiger charge is 2.11. The lowest BCUT2D eigenvalue weighted by molar-refractivity contribution is 0.345. The molecule has 0 atom stereocenters. The zero-order valence-corrected chi connectivity index (χ0v) is 10.5.